The number of benzene rings is 5. The average molecular weight is 583 g/mol. The highest BCUT2D eigenvalue weighted by atomic mass is 16.3. The molecular formula is C40H30N4O. The molecule has 0 amide bonds. The van der Waals surface area contributed by atoms with Crippen molar-refractivity contribution >= 4 is 50.6 Å². The van der Waals surface area contributed by atoms with E-state index in [1.807, 2.05) is 85.1 Å². The van der Waals surface area contributed by atoms with Crippen LogP contribution in [0.2, 0.25) is 0 Å². The minimum Gasteiger partial charge on any atom is -0.454 e. The highest BCUT2D eigenvalue weighted by Crippen LogP contribution is 2.44. The molecule has 0 saturated heterocycles. The number of hydrogen-bond donors (Lipinski definition) is 1. The first kappa shape index (κ1) is 26.8. The predicted molar refractivity (Wildman–Crippen MR) is 186 cm³/mol. The molecule has 8 rings (SSSR count). The number of aromatic nitrogens is 1. The molecule has 2 heterocycles. The highest BCUT2D eigenvalue weighted by molar-refractivity contribution is 6.17. The molecule has 5 nitrogen and oxygen atoms in total. The van der Waals surface area contributed by atoms with Crippen molar-refractivity contribution < 1.29 is 4.42 Å². The van der Waals surface area contributed by atoms with Gasteiger partial charge in [-0.3, -0.25) is 9.98 Å². The van der Waals surface area contributed by atoms with Gasteiger partial charge in [-0.2, -0.15) is 0 Å². The zero-order chi connectivity index (χ0) is 30.3. The van der Waals surface area contributed by atoms with Crippen molar-refractivity contribution in [1.82, 2.24) is 4.98 Å². The molecule has 1 atom stereocenters. The topological polar surface area (TPSA) is 76.8 Å². The number of furan rings is 1. The van der Waals surface area contributed by atoms with Gasteiger partial charge in [0.25, 0.3) is 0 Å². The van der Waals surface area contributed by atoms with E-state index in [0.29, 0.717) is 18.2 Å². The number of amidine groups is 2. The lowest BCUT2D eigenvalue weighted by Crippen LogP contribution is -2.16. The normalized spacial score (nSPS) is 14.9. The van der Waals surface area contributed by atoms with E-state index in [1.54, 1.807) is 0 Å². The molecule has 0 spiro atoms. The first-order valence-electron chi connectivity index (χ1n) is 15.2. The number of pyridine rings is 1. The van der Waals surface area contributed by atoms with Crippen LogP contribution < -0.4 is 5.73 Å². The maximum atomic E-state index is 6.48. The Hall–Kier alpha value is -5.81. The largest absolute Gasteiger partial charge is 0.454 e. The molecule has 5 heteroatoms. The van der Waals surface area contributed by atoms with Gasteiger partial charge in [-0.15, -0.1) is 0 Å². The standard InChI is InChI=1S/C40H30N4O/c1-25-19-20-29-21-26(23-43-40(28-13-6-3-7-14-28)44-39(41)27-11-4-2-5-12-27)22-33(35(25)29)32-17-10-18-34-36(32)37-38(45-34)31-16-9-8-15-30(31)24-42-37/h2-22,24-25H,23H2,1H3,(H2,41,43,44). The maximum absolute atomic E-state index is 6.48. The molecule has 5 aromatic carbocycles. The van der Waals surface area contributed by atoms with E-state index in [4.69, 9.17) is 25.1 Å². The molecule has 1 unspecified atom stereocenters. The molecule has 0 fully saturated rings. The lowest BCUT2D eigenvalue weighted by molar-refractivity contribution is 0.672. The smallest absolute Gasteiger partial charge is 0.161 e. The number of hydrogen-bond acceptors (Lipinski definition) is 3. The third kappa shape index (κ3) is 4.79. The molecule has 1 aliphatic carbocycles. The van der Waals surface area contributed by atoms with E-state index in [1.165, 1.54) is 16.7 Å². The van der Waals surface area contributed by atoms with Crippen LogP contribution >= 0.6 is 0 Å². The van der Waals surface area contributed by atoms with Crippen LogP contribution in [0.25, 0.3) is 50.0 Å². The summed E-state index contributed by atoms with van der Waals surface area (Å²) in [5.41, 5.74) is 16.7. The second kappa shape index (κ2) is 11.0. The first-order chi connectivity index (χ1) is 22.1. The number of rotatable bonds is 5. The van der Waals surface area contributed by atoms with Crippen LogP contribution in [-0.4, -0.2) is 16.7 Å². The minimum absolute atomic E-state index is 0.282. The van der Waals surface area contributed by atoms with E-state index in [-0.39, 0.29) is 5.92 Å². The van der Waals surface area contributed by atoms with Crippen molar-refractivity contribution in [2.75, 3.05) is 0 Å². The van der Waals surface area contributed by atoms with Gasteiger partial charge < -0.3 is 10.2 Å². The van der Waals surface area contributed by atoms with Gasteiger partial charge in [-0.1, -0.05) is 116 Å². The van der Waals surface area contributed by atoms with Crippen LogP contribution in [-0.2, 0) is 6.54 Å². The summed E-state index contributed by atoms with van der Waals surface area (Å²) in [5, 5.41) is 3.16. The second-order valence-electron chi connectivity index (χ2n) is 11.5. The maximum Gasteiger partial charge on any atom is 0.161 e. The fourth-order valence-corrected chi connectivity index (χ4v) is 6.39. The highest BCUT2D eigenvalue weighted by Gasteiger charge is 2.23. The lowest BCUT2D eigenvalue weighted by atomic mass is 9.88. The predicted octanol–water partition coefficient (Wildman–Crippen LogP) is 9.28. The van der Waals surface area contributed by atoms with E-state index >= 15 is 0 Å². The van der Waals surface area contributed by atoms with Gasteiger partial charge in [-0.25, -0.2) is 4.99 Å². The van der Waals surface area contributed by atoms with E-state index in [2.05, 4.69) is 55.5 Å². The summed E-state index contributed by atoms with van der Waals surface area (Å²) in [6.07, 6.45) is 6.43. The monoisotopic (exact) mass is 582 g/mol. The Morgan fingerprint density at radius 2 is 1.58 bits per heavy atom. The van der Waals surface area contributed by atoms with Crippen LogP contribution in [0.15, 0.2) is 142 Å². The molecule has 2 aromatic heterocycles. The Labute approximate surface area is 261 Å². The minimum atomic E-state index is 0.282. The molecule has 45 heavy (non-hydrogen) atoms. The van der Waals surface area contributed by atoms with Crippen LogP contribution in [0.3, 0.4) is 0 Å². The third-order valence-electron chi connectivity index (χ3n) is 8.55. The Morgan fingerprint density at radius 3 is 2.40 bits per heavy atom. The molecule has 0 radical (unpaired) electrons. The van der Waals surface area contributed by atoms with Crippen LogP contribution in [0.1, 0.15) is 40.7 Å². The number of nitrogens with two attached hydrogens (primary N) is 1. The Morgan fingerprint density at radius 1 is 0.822 bits per heavy atom. The summed E-state index contributed by atoms with van der Waals surface area (Å²) in [4.78, 5) is 14.7. The number of allylic oxidation sites excluding steroid dienone is 1. The molecule has 7 aromatic rings. The van der Waals surface area contributed by atoms with Crippen LogP contribution in [0.5, 0.6) is 0 Å². The van der Waals surface area contributed by atoms with Crippen molar-refractivity contribution in [2.45, 2.75) is 19.4 Å². The number of nitrogens with zero attached hydrogens (tertiary/aromatic N) is 3. The van der Waals surface area contributed by atoms with Crippen LogP contribution in [0, 0.1) is 0 Å². The van der Waals surface area contributed by atoms with Gasteiger partial charge >= 0.3 is 0 Å². The van der Waals surface area contributed by atoms with E-state index in [9.17, 15) is 0 Å². The number of fused-ring (bicyclic) bond motifs is 6. The summed E-state index contributed by atoms with van der Waals surface area (Å²) >= 11 is 0. The summed E-state index contributed by atoms with van der Waals surface area (Å²) in [5.74, 6) is 1.31. The zero-order valence-electron chi connectivity index (χ0n) is 24.8. The third-order valence-corrected chi connectivity index (χ3v) is 8.55. The van der Waals surface area contributed by atoms with Gasteiger partial charge in [0.15, 0.2) is 11.4 Å². The fourth-order valence-electron chi connectivity index (χ4n) is 6.39. The molecule has 0 aliphatic heterocycles. The molecule has 216 valence electrons. The average Bonchev–Trinajstić information content (AvgIpc) is 3.67. The molecule has 1 aliphatic rings. The molecule has 0 saturated carbocycles. The van der Waals surface area contributed by atoms with Crippen LogP contribution in [0.4, 0.5) is 0 Å². The van der Waals surface area contributed by atoms with Gasteiger partial charge in [0.2, 0.25) is 0 Å². The fraction of sp³-hybridized carbons (Fsp3) is 0.0750. The van der Waals surface area contributed by atoms with E-state index in [0.717, 1.165) is 55.1 Å². The van der Waals surface area contributed by atoms with Crippen molar-refractivity contribution in [2.24, 2.45) is 15.7 Å². The quantitative estimate of drug-likeness (QED) is 0.162. The Bertz CT molecular complexity index is 2310. The number of aliphatic imine (C=N–C) groups is 2. The Balaban J connectivity index is 1.27. The summed E-state index contributed by atoms with van der Waals surface area (Å²) < 4.78 is 6.48. The zero-order valence-corrected chi connectivity index (χ0v) is 24.8. The second-order valence-corrected chi connectivity index (χ2v) is 11.5. The van der Waals surface area contributed by atoms with Gasteiger partial charge in [-0.05, 0) is 46.0 Å². The van der Waals surface area contributed by atoms with Crippen molar-refractivity contribution in [3.8, 4) is 11.1 Å². The van der Waals surface area contributed by atoms with Gasteiger partial charge in [0.05, 0.1) is 11.9 Å². The molecular weight excluding hydrogens is 552 g/mol. The molecule has 0 bridgehead atoms. The molecule has 2 N–H and O–H groups in total. The lowest BCUT2D eigenvalue weighted by Gasteiger charge is -2.16. The van der Waals surface area contributed by atoms with Gasteiger partial charge in [0, 0.05) is 34.0 Å². The van der Waals surface area contributed by atoms with E-state index < -0.39 is 0 Å². The van der Waals surface area contributed by atoms with Crippen molar-refractivity contribution in [3.63, 3.8) is 0 Å². The van der Waals surface area contributed by atoms with Crippen molar-refractivity contribution in [3.05, 3.63) is 155 Å². The summed E-state index contributed by atoms with van der Waals surface area (Å²) in [6.45, 7) is 2.70. The first-order valence-corrected chi connectivity index (χ1v) is 15.2. The SMILES string of the molecule is CC1C=Cc2cc(C/N=C(\N=C(/N)c3ccccc3)c3ccccc3)cc(-c3cccc4oc5c6ccccc6cnc5c34)c21. The summed E-state index contributed by atoms with van der Waals surface area (Å²) in [7, 11) is 0. The Kier molecular flexibility index (Phi) is 6.57. The van der Waals surface area contributed by atoms with Crippen molar-refractivity contribution in [1.29, 1.82) is 0 Å². The van der Waals surface area contributed by atoms with Gasteiger partial charge in [0.1, 0.15) is 16.9 Å². The summed E-state index contributed by atoms with van der Waals surface area (Å²) in [6, 6.07) is 38.8.